The molecule has 0 aromatic heterocycles. The summed E-state index contributed by atoms with van der Waals surface area (Å²) in [4.78, 5) is 30.3. The van der Waals surface area contributed by atoms with Crippen LogP contribution in [0.3, 0.4) is 0 Å². The molecule has 0 spiro atoms. The molecule has 5 rings (SSSR count). The fourth-order valence-corrected chi connectivity index (χ4v) is 5.48. The molecule has 0 N–H and O–H groups in total. The quantitative estimate of drug-likeness (QED) is 0.221. The van der Waals surface area contributed by atoms with Gasteiger partial charge in [0.1, 0.15) is 0 Å². The van der Waals surface area contributed by atoms with Gasteiger partial charge in [0.05, 0.1) is 40.4 Å². The van der Waals surface area contributed by atoms with Crippen molar-refractivity contribution in [1.82, 2.24) is 0 Å². The molecular formula is C30H31N3O4. The molecule has 1 heterocycles. The zero-order valence-electron chi connectivity index (χ0n) is 22.1. The molecular weight excluding hydrogens is 466 g/mol. The molecule has 0 atom stereocenters. The highest BCUT2D eigenvalue weighted by Crippen LogP contribution is 2.50. The normalized spacial score (nSPS) is 17.0. The van der Waals surface area contributed by atoms with Crippen molar-refractivity contribution in [2.75, 3.05) is 19.1 Å². The smallest absolute Gasteiger partial charge is 0.337 e. The second-order valence-electron chi connectivity index (χ2n) is 11.2. The molecule has 0 radical (unpaired) electrons. The number of hydrogen-bond donors (Lipinski definition) is 0. The summed E-state index contributed by atoms with van der Waals surface area (Å²) in [7, 11) is 3.34. The molecule has 3 aromatic rings. The molecule has 1 aliphatic heterocycles. The van der Waals surface area contributed by atoms with E-state index in [9.17, 15) is 14.9 Å². The van der Waals surface area contributed by atoms with Crippen molar-refractivity contribution >= 4 is 34.4 Å². The topological polar surface area (TPSA) is 85.0 Å². The molecule has 0 saturated heterocycles. The van der Waals surface area contributed by atoms with Crippen LogP contribution >= 0.6 is 0 Å². The van der Waals surface area contributed by atoms with Gasteiger partial charge >= 0.3 is 5.97 Å². The van der Waals surface area contributed by atoms with Crippen LogP contribution in [0.15, 0.2) is 59.6 Å². The summed E-state index contributed by atoms with van der Waals surface area (Å²) >= 11 is 0. The maximum Gasteiger partial charge on any atom is 0.337 e. The van der Waals surface area contributed by atoms with Gasteiger partial charge in [-0.2, -0.15) is 0 Å². The maximum atomic E-state index is 12.0. The van der Waals surface area contributed by atoms with Gasteiger partial charge in [-0.05, 0) is 65.1 Å². The molecule has 37 heavy (non-hydrogen) atoms. The van der Waals surface area contributed by atoms with Gasteiger partial charge in [0, 0.05) is 30.3 Å². The number of aliphatic imine (C=N–C) groups is 1. The van der Waals surface area contributed by atoms with Crippen LogP contribution in [0.5, 0.6) is 0 Å². The molecule has 2 aliphatic rings. The molecule has 3 aromatic carbocycles. The monoisotopic (exact) mass is 497 g/mol. The summed E-state index contributed by atoms with van der Waals surface area (Å²) in [6.45, 7) is 9.16. The van der Waals surface area contributed by atoms with Crippen LogP contribution in [0, 0.1) is 10.1 Å². The average molecular weight is 498 g/mol. The number of anilines is 2. The highest BCUT2D eigenvalue weighted by Gasteiger charge is 2.39. The molecule has 0 amide bonds. The average Bonchev–Trinajstić information content (AvgIpc) is 3.00. The molecule has 1 aliphatic carbocycles. The molecule has 0 bridgehead atoms. The van der Waals surface area contributed by atoms with E-state index in [1.54, 1.807) is 18.2 Å². The highest BCUT2D eigenvalue weighted by molar-refractivity contribution is 6.19. The first-order valence-corrected chi connectivity index (χ1v) is 12.4. The lowest BCUT2D eigenvalue weighted by Crippen LogP contribution is -2.34. The van der Waals surface area contributed by atoms with Gasteiger partial charge in [-0.15, -0.1) is 0 Å². The first kappa shape index (κ1) is 24.7. The fraction of sp³-hybridized carbons (Fsp3) is 0.333. The number of nitrogens with zero attached hydrogens (tertiary/aromatic N) is 3. The van der Waals surface area contributed by atoms with Crippen molar-refractivity contribution in [2.24, 2.45) is 4.99 Å². The lowest BCUT2D eigenvalue weighted by atomic mass is 9.62. The van der Waals surface area contributed by atoms with E-state index in [1.807, 2.05) is 19.2 Å². The van der Waals surface area contributed by atoms with Crippen LogP contribution in [0.4, 0.5) is 22.7 Å². The number of non-ortho nitro benzene ring substituents is 1. The zero-order valence-corrected chi connectivity index (χ0v) is 22.1. The molecule has 7 heteroatoms. The third-order valence-electron chi connectivity index (χ3n) is 7.93. The Labute approximate surface area is 216 Å². The molecule has 7 nitrogen and oxygen atoms in total. The Bertz CT molecular complexity index is 1470. The van der Waals surface area contributed by atoms with E-state index in [0.29, 0.717) is 17.0 Å². The number of esters is 1. The van der Waals surface area contributed by atoms with Crippen LogP contribution in [0.2, 0.25) is 0 Å². The Kier molecular flexibility index (Phi) is 5.70. The third-order valence-corrected chi connectivity index (χ3v) is 7.93. The maximum absolute atomic E-state index is 12.0. The highest BCUT2D eigenvalue weighted by atomic mass is 16.6. The van der Waals surface area contributed by atoms with Crippen molar-refractivity contribution in [2.45, 2.75) is 51.4 Å². The standard InChI is InChI=1S/C30H31N3O4/c1-29(2)13-14-30(3,4)23-17-26-21(16-22(23)29)27(18-7-9-19(10-8-18)28(34)37-6)31-24-15-20(33(35)36)11-12-25(24)32(26)5/h7-12,15-17H,13-14H2,1-6H3. The van der Waals surface area contributed by atoms with Gasteiger partial charge in [-0.25, -0.2) is 9.79 Å². The molecule has 190 valence electrons. The Balaban J connectivity index is 1.81. The predicted octanol–water partition coefficient (Wildman–Crippen LogP) is 6.98. The van der Waals surface area contributed by atoms with Crippen LogP contribution < -0.4 is 4.90 Å². The first-order chi connectivity index (χ1) is 17.4. The number of carbonyl (C=O) groups is 1. The van der Waals surface area contributed by atoms with Gasteiger partial charge in [0.2, 0.25) is 0 Å². The molecule has 0 unspecified atom stereocenters. The minimum Gasteiger partial charge on any atom is -0.465 e. The van der Waals surface area contributed by atoms with Gasteiger partial charge < -0.3 is 9.64 Å². The number of nitro benzene ring substituents is 1. The summed E-state index contributed by atoms with van der Waals surface area (Å²) < 4.78 is 4.86. The second-order valence-corrected chi connectivity index (χ2v) is 11.2. The predicted molar refractivity (Wildman–Crippen MR) is 146 cm³/mol. The minimum absolute atomic E-state index is 0.00372. The van der Waals surface area contributed by atoms with Crippen molar-refractivity contribution in [3.63, 3.8) is 0 Å². The number of nitro groups is 1. The van der Waals surface area contributed by atoms with E-state index in [0.717, 1.165) is 35.3 Å². The lowest BCUT2D eigenvalue weighted by molar-refractivity contribution is -0.384. The lowest BCUT2D eigenvalue weighted by Gasteiger charge is -2.43. The number of fused-ring (bicyclic) bond motifs is 3. The van der Waals surface area contributed by atoms with Gasteiger partial charge in [-0.1, -0.05) is 39.8 Å². The van der Waals surface area contributed by atoms with Crippen molar-refractivity contribution in [3.05, 3.63) is 92.5 Å². The first-order valence-electron chi connectivity index (χ1n) is 12.4. The van der Waals surface area contributed by atoms with Gasteiger partial charge in [0.15, 0.2) is 0 Å². The van der Waals surface area contributed by atoms with Gasteiger partial charge in [-0.3, -0.25) is 10.1 Å². The van der Waals surface area contributed by atoms with Crippen molar-refractivity contribution < 1.29 is 14.5 Å². The second kappa shape index (κ2) is 8.54. The zero-order chi connectivity index (χ0) is 26.7. The largest absolute Gasteiger partial charge is 0.465 e. The minimum atomic E-state index is -0.409. The number of ether oxygens (including phenoxy) is 1. The number of hydrogen-bond acceptors (Lipinski definition) is 6. The van der Waals surface area contributed by atoms with E-state index in [4.69, 9.17) is 9.73 Å². The molecule has 0 fully saturated rings. The summed E-state index contributed by atoms with van der Waals surface area (Å²) in [5.41, 5.74) is 7.86. The van der Waals surface area contributed by atoms with Crippen LogP contribution in [-0.4, -0.2) is 30.8 Å². The number of rotatable bonds is 3. The summed E-state index contributed by atoms with van der Waals surface area (Å²) in [5, 5.41) is 11.6. The van der Waals surface area contributed by atoms with E-state index in [2.05, 4.69) is 44.7 Å². The number of methoxy groups -OCH3 is 1. The fourth-order valence-electron chi connectivity index (χ4n) is 5.48. The van der Waals surface area contributed by atoms with Crippen LogP contribution in [0.1, 0.15) is 73.1 Å². The Morgan fingerprint density at radius 2 is 1.57 bits per heavy atom. The van der Waals surface area contributed by atoms with Crippen LogP contribution in [-0.2, 0) is 15.6 Å². The van der Waals surface area contributed by atoms with E-state index >= 15 is 0 Å². The SMILES string of the molecule is COC(=O)c1ccc(C2=Nc3cc([N+](=O)[O-])ccc3N(C)c3cc4c(cc32)C(C)(C)CCC4(C)C)cc1. The summed E-state index contributed by atoms with van der Waals surface area (Å²) in [6.07, 6.45) is 2.17. The van der Waals surface area contributed by atoms with E-state index in [-0.39, 0.29) is 16.5 Å². The van der Waals surface area contributed by atoms with E-state index in [1.165, 1.54) is 30.4 Å². The summed E-state index contributed by atoms with van der Waals surface area (Å²) in [5.74, 6) is -0.409. The summed E-state index contributed by atoms with van der Waals surface area (Å²) in [6, 6.07) is 16.5. The van der Waals surface area contributed by atoms with E-state index < -0.39 is 10.9 Å². The molecule has 0 saturated carbocycles. The van der Waals surface area contributed by atoms with Crippen molar-refractivity contribution in [1.29, 1.82) is 0 Å². The Hall–Kier alpha value is -4.00. The number of benzene rings is 3. The number of carbonyl (C=O) groups excluding carboxylic acids is 1. The van der Waals surface area contributed by atoms with Gasteiger partial charge in [0.25, 0.3) is 5.69 Å². The third kappa shape index (κ3) is 4.08. The Morgan fingerprint density at radius 1 is 0.946 bits per heavy atom. The van der Waals surface area contributed by atoms with Crippen molar-refractivity contribution in [3.8, 4) is 0 Å². The van der Waals surface area contributed by atoms with Crippen LogP contribution in [0.25, 0.3) is 0 Å². The Morgan fingerprint density at radius 3 is 2.16 bits per heavy atom.